The molecule has 0 saturated carbocycles. The Bertz CT molecular complexity index is 825. The SMILES string of the molecule is CCCCCC(=O)NCCc1ccc(-c2ccc(OC(C)(C)C(=O)OCC)cc2)cc1. The quantitative estimate of drug-likeness (QED) is 0.370. The summed E-state index contributed by atoms with van der Waals surface area (Å²) in [7, 11) is 0. The van der Waals surface area contributed by atoms with E-state index in [2.05, 4.69) is 36.5 Å². The highest BCUT2D eigenvalue weighted by atomic mass is 16.6. The minimum atomic E-state index is -1.04. The Hall–Kier alpha value is -2.82. The van der Waals surface area contributed by atoms with E-state index >= 15 is 0 Å². The van der Waals surface area contributed by atoms with E-state index in [-0.39, 0.29) is 11.9 Å². The van der Waals surface area contributed by atoms with Gasteiger partial charge in [0.25, 0.3) is 0 Å². The molecule has 0 fully saturated rings. The van der Waals surface area contributed by atoms with E-state index in [0.717, 1.165) is 36.8 Å². The predicted molar refractivity (Wildman–Crippen MR) is 124 cm³/mol. The maximum absolute atomic E-state index is 12.0. The second-order valence-electron chi connectivity index (χ2n) is 8.11. The maximum atomic E-state index is 12.0. The Morgan fingerprint density at radius 2 is 1.52 bits per heavy atom. The number of esters is 1. The van der Waals surface area contributed by atoms with Crippen LogP contribution in [-0.2, 0) is 20.7 Å². The number of unbranched alkanes of at least 4 members (excludes halogenated alkanes) is 2. The zero-order valence-corrected chi connectivity index (χ0v) is 19.2. The molecule has 0 aliphatic carbocycles. The summed E-state index contributed by atoms with van der Waals surface area (Å²) in [4.78, 5) is 23.8. The standard InChI is InChI=1S/C26H35NO4/c1-5-7-8-9-24(28)27-19-18-20-10-12-21(13-11-20)22-14-16-23(17-15-22)31-26(3,4)25(29)30-6-2/h10-17H,5-9,18-19H2,1-4H3,(H,27,28). The van der Waals surface area contributed by atoms with Gasteiger partial charge in [0.15, 0.2) is 5.60 Å². The monoisotopic (exact) mass is 425 g/mol. The molecule has 5 heteroatoms. The number of amides is 1. The Kier molecular flexibility index (Phi) is 9.57. The Morgan fingerprint density at radius 1 is 0.903 bits per heavy atom. The smallest absolute Gasteiger partial charge is 0.349 e. The number of ether oxygens (including phenoxy) is 2. The highest BCUT2D eigenvalue weighted by Gasteiger charge is 2.31. The van der Waals surface area contributed by atoms with Crippen molar-refractivity contribution in [3.05, 3.63) is 54.1 Å². The van der Waals surface area contributed by atoms with E-state index < -0.39 is 5.60 Å². The highest BCUT2D eigenvalue weighted by Crippen LogP contribution is 2.25. The van der Waals surface area contributed by atoms with Crippen molar-refractivity contribution < 1.29 is 19.1 Å². The highest BCUT2D eigenvalue weighted by molar-refractivity contribution is 5.79. The third kappa shape index (κ3) is 8.08. The molecule has 0 radical (unpaired) electrons. The van der Waals surface area contributed by atoms with Gasteiger partial charge in [0.1, 0.15) is 5.75 Å². The lowest BCUT2D eigenvalue weighted by Crippen LogP contribution is -2.39. The van der Waals surface area contributed by atoms with Crippen LogP contribution in [0.25, 0.3) is 11.1 Å². The Morgan fingerprint density at radius 3 is 2.10 bits per heavy atom. The van der Waals surface area contributed by atoms with Crippen molar-refractivity contribution in [3.63, 3.8) is 0 Å². The number of hydrogen-bond acceptors (Lipinski definition) is 4. The third-order valence-corrected chi connectivity index (χ3v) is 5.02. The summed E-state index contributed by atoms with van der Waals surface area (Å²) in [6.07, 6.45) is 4.62. The van der Waals surface area contributed by atoms with Gasteiger partial charge in [0.2, 0.25) is 5.91 Å². The molecule has 0 aliphatic heterocycles. The summed E-state index contributed by atoms with van der Waals surface area (Å²) < 4.78 is 10.9. The van der Waals surface area contributed by atoms with Crippen LogP contribution in [0.15, 0.2) is 48.5 Å². The molecule has 168 valence electrons. The van der Waals surface area contributed by atoms with Crippen LogP contribution in [0.1, 0.15) is 58.9 Å². The first-order valence-corrected chi connectivity index (χ1v) is 11.2. The lowest BCUT2D eigenvalue weighted by Gasteiger charge is -2.24. The molecule has 0 unspecified atom stereocenters. The maximum Gasteiger partial charge on any atom is 0.349 e. The normalized spacial score (nSPS) is 11.1. The fraction of sp³-hybridized carbons (Fsp3) is 0.462. The van der Waals surface area contributed by atoms with Gasteiger partial charge >= 0.3 is 5.97 Å². The number of benzene rings is 2. The number of rotatable bonds is 12. The van der Waals surface area contributed by atoms with Crippen molar-refractivity contribution in [1.29, 1.82) is 0 Å². The van der Waals surface area contributed by atoms with Crippen LogP contribution in [-0.4, -0.2) is 30.6 Å². The molecule has 31 heavy (non-hydrogen) atoms. The van der Waals surface area contributed by atoms with Gasteiger partial charge < -0.3 is 14.8 Å². The van der Waals surface area contributed by atoms with E-state index in [1.165, 1.54) is 5.56 Å². The van der Waals surface area contributed by atoms with Crippen LogP contribution in [0.5, 0.6) is 5.75 Å². The van der Waals surface area contributed by atoms with Gasteiger partial charge in [-0.15, -0.1) is 0 Å². The fourth-order valence-electron chi connectivity index (χ4n) is 3.19. The van der Waals surface area contributed by atoms with E-state index in [0.29, 0.717) is 25.3 Å². The Balaban J connectivity index is 1.87. The number of hydrogen-bond donors (Lipinski definition) is 1. The minimum absolute atomic E-state index is 0.138. The molecule has 2 aromatic carbocycles. The van der Waals surface area contributed by atoms with E-state index in [9.17, 15) is 9.59 Å². The second kappa shape index (κ2) is 12.1. The molecule has 2 aromatic rings. The summed E-state index contributed by atoms with van der Waals surface area (Å²) in [6.45, 7) is 8.30. The molecular formula is C26H35NO4. The average Bonchev–Trinajstić information content (AvgIpc) is 2.75. The van der Waals surface area contributed by atoms with Gasteiger partial charge in [-0.2, -0.15) is 0 Å². The van der Waals surface area contributed by atoms with Crippen LogP contribution >= 0.6 is 0 Å². The lowest BCUT2D eigenvalue weighted by atomic mass is 10.0. The van der Waals surface area contributed by atoms with Gasteiger partial charge in [0, 0.05) is 13.0 Å². The second-order valence-corrected chi connectivity index (χ2v) is 8.11. The Labute approximate surface area is 186 Å². The van der Waals surface area contributed by atoms with E-state index in [1.54, 1.807) is 20.8 Å². The van der Waals surface area contributed by atoms with Gasteiger partial charge in [-0.25, -0.2) is 4.79 Å². The minimum Gasteiger partial charge on any atom is -0.476 e. The molecule has 5 nitrogen and oxygen atoms in total. The van der Waals surface area contributed by atoms with Crippen molar-refractivity contribution in [2.24, 2.45) is 0 Å². The zero-order valence-electron chi connectivity index (χ0n) is 19.2. The third-order valence-electron chi connectivity index (χ3n) is 5.02. The number of carbonyl (C=O) groups excluding carboxylic acids is 2. The molecule has 0 bridgehead atoms. The molecule has 2 rings (SSSR count). The van der Waals surface area contributed by atoms with Crippen LogP contribution in [0.4, 0.5) is 0 Å². The van der Waals surface area contributed by atoms with Crippen LogP contribution in [0.3, 0.4) is 0 Å². The predicted octanol–water partition coefficient (Wildman–Crippen LogP) is 5.31. The number of carbonyl (C=O) groups is 2. The zero-order chi connectivity index (χ0) is 22.7. The summed E-state index contributed by atoms with van der Waals surface area (Å²) in [5.41, 5.74) is 2.32. The molecule has 0 saturated heterocycles. The summed E-state index contributed by atoms with van der Waals surface area (Å²) in [5, 5.41) is 2.99. The average molecular weight is 426 g/mol. The molecule has 0 heterocycles. The van der Waals surface area contributed by atoms with E-state index in [4.69, 9.17) is 9.47 Å². The van der Waals surface area contributed by atoms with Crippen molar-refractivity contribution in [2.75, 3.05) is 13.2 Å². The van der Waals surface area contributed by atoms with Gasteiger partial charge in [-0.1, -0.05) is 56.2 Å². The van der Waals surface area contributed by atoms with Crippen molar-refractivity contribution in [3.8, 4) is 16.9 Å². The molecule has 1 amide bonds. The molecule has 0 aliphatic rings. The molecule has 0 aromatic heterocycles. The van der Waals surface area contributed by atoms with Gasteiger partial charge in [0.05, 0.1) is 6.61 Å². The summed E-state index contributed by atoms with van der Waals surface area (Å²) in [6, 6.07) is 16.0. The van der Waals surface area contributed by atoms with Crippen molar-refractivity contribution in [1.82, 2.24) is 5.32 Å². The van der Waals surface area contributed by atoms with Crippen molar-refractivity contribution >= 4 is 11.9 Å². The van der Waals surface area contributed by atoms with Crippen molar-refractivity contribution in [2.45, 2.75) is 65.4 Å². The van der Waals surface area contributed by atoms with Gasteiger partial charge in [-0.3, -0.25) is 4.79 Å². The summed E-state index contributed by atoms with van der Waals surface area (Å²) in [5.74, 6) is 0.374. The topological polar surface area (TPSA) is 64.6 Å². The largest absolute Gasteiger partial charge is 0.476 e. The van der Waals surface area contributed by atoms with E-state index in [1.807, 2.05) is 24.3 Å². The molecule has 0 spiro atoms. The van der Waals surface area contributed by atoms with Gasteiger partial charge in [-0.05, 0) is 62.4 Å². The molecule has 1 N–H and O–H groups in total. The molecule has 0 atom stereocenters. The van der Waals surface area contributed by atoms with Crippen LogP contribution < -0.4 is 10.1 Å². The van der Waals surface area contributed by atoms with Crippen LogP contribution in [0.2, 0.25) is 0 Å². The van der Waals surface area contributed by atoms with Crippen LogP contribution in [0, 0.1) is 0 Å². The number of nitrogens with one attached hydrogen (secondary N) is 1. The molecular weight excluding hydrogens is 390 g/mol. The lowest BCUT2D eigenvalue weighted by molar-refractivity contribution is -0.158. The summed E-state index contributed by atoms with van der Waals surface area (Å²) >= 11 is 0. The first-order valence-electron chi connectivity index (χ1n) is 11.2. The first-order chi connectivity index (χ1) is 14.9. The first kappa shape index (κ1) is 24.4. The fourth-order valence-corrected chi connectivity index (χ4v) is 3.19.